The maximum absolute atomic E-state index is 13.4. The lowest BCUT2D eigenvalue weighted by atomic mass is 10.1. The molecular weight excluding hydrogens is 205 g/mol. The van der Waals surface area contributed by atoms with E-state index in [4.69, 9.17) is 17.3 Å². The minimum absolute atomic E-state index is 0.174. The molecule has 1 aromatic carbocycles. The lowest BCUT2D eigenvalue weighted by Crippen LogP contribution is -2.29. The van der Waals surface area contributed by atoms with Gasteiger partial charge in [-0.25, -0.2) is 4.39 Å². The Morgan fingerprint density at radius 3 is 2.93 bits per heavy atom. The average molecular weight is 214 g/mol. The van der Waals surface area contributed by atoms with Crippen molar-refractivity contribution >= 4 is 17.6 Å². The van der Waals surface area contributed by atoms with Crippen molar-refractivity contribution in [3.63, 3.8) is 0 Å². The van der Waals surface area contributed by atoms with Crippen molar-refractivity contribution in [1.82, 2.24) is 5.32 Å². The van der Waals surface area contributed by atoms with Crippen LogP contribution in [0, 0.1) is 5.82 Å². The molecule has 0 fully saturated rings. The first-order chi connectivity index (χ1) is 6.66. The summed E-state index contributed by atoms with van der Waals surface area (Å²) in [6, 6.07) is 4.40. The Hall–Kier alpha value is -1.29. The van der Waals surface area contributed by atoms with Crippen LogP contribution in [0.1, 0.15) is 11.6 Å². The molecule has 0 aromatic heterocycles. The highest BCUT2D eigenvalue weighted by atomic mass is 35.5. The Balaban J connectivity index is 2.25. The van der Waals surface area contributed by atoms with E-state index in [-0.39, 0.29) is 11.9 Å². The minimum Gasteiger partial charge on any atom is -0.370 e. The Morgan fingerprint density at radius 1 is 1.57 bits per heavy atom. The van der Waals surface area contributed by atoms with Crippen LogP contribution in [0.5, 0.6) is 0 Å². The summed E-state index contributed by atoms with van der Waals surface area (Å²) in [5.74, 6) is 0.0178. The molecule has 0 spiro atoms. The minimum atomic E-state index is -0.333. The molecule has 0 bridgehead atoms. The average Bonchev–Trinajstić information content (AvgIpc) is 2.51. The largest absolute Gasteiger partial charge is 0.370 e. The highest BCUT2D eigenvalue weighted by molar-refractivity contribution is 6.30. The summed E-state index contributed by atoms with van der Waals surface area (Å²) >= 11 is 5.64. The number of benzene rings is 1. The molecule has 14 heavy (non-hydrogen) atoms. The maximum Gasteiger partial charge on any atom is 0.189 e. The van der Waals surface area contributed by atoms with Crippen molar-refractivity contribution in [2.24, 2.45) is 10.7 Å². The molecule has 3 N–H and O–H groups in total. The smallest absolute Gasteiger partial charge is 0.189 e. The van der Waals surface area contributed by atoms with Gasteiger partial charge in [-0.1, -0.05) is 17.7 Å². The fourth-order valence-electron chi connectivity index (χ4n) is 1.42. The SMILES string of the molecule is NC1=NCC(c2ccc(Cl)cc2F)N1. The number of hydrogen-bond donors (Lipinski definition) is 2. The summed E-state index contributed by atoms with van der Waals surface area (Å²) in [6.07, 6.45) is 0. The van der Waals surface area contributed by atoms with Crippen LogP contribution in [0.3, 0.4) is 0 Å². The van der Waals surface area contributed by atoms with Gasteiger partial charge in [-0.3, -0.25) is 4.99 Å². The van der Waals surface area contributed by atoms with Crippen molar-refractivity contribution in [3.05, 3.63) is 34.6 Å². The zero-order valence-corrected chi connectivity index (χ0v) is 8.05. The van der Waals surface area contributed by atoms with E-state index >= 15 is 0 Å². The third-order valence-electron chi connectivity index (χ3n) is 2.10. The van der Waals surface area contributed by atoms with Crippen molar-refractivity contribution in [1.29, 1.82) is 0 Å². The number of hydrogen-bond acceptors (Lipinski definition) is 3. The van der Waals surface area contributed by atoms with E-state index in [1.54, 1.807) is 12.1 Å². The Kier molecular flexibility index (Phi) is 2.29. The molecule has 2 rings (SSSR count). The third kappa shape index (κ3) is 1.65. The lowest BCUT2D eigenvalue weighted by molar-refractivity contribution is 0.577. The number of nitrogens with one attached hydrogen (secondary N) is 1. The molecule has 1 aromatic rings. The highest BCUT2D eigenvalue weighted by Gasteiger charge is 2.20. The molecule has 1 unspecified atom stereocenters. The van der Waals surface area contributed by atoms with Crippen LogP contribution < -0.4 is 11.1 Å². The Bertz CT molecular complexity index is 392. The summed E-state index contributed by atoms with van der Waals surface area (Å²) in [4.78, 5) is 3.94. The van der Waals surface area contributed by atoms with Crippen molar-refractivity contribution in [2.45, 2.75) is 6.04 Å². The molecule has 0 saturated heterocycles. The molecule has 1 heterocycles. The second-order valence-corrected chi connectivity index (χ2v) is 3.53. The quantitative estimate of drug-likeness (QED) is 0.742. The van der Waals surface area contributed by atoms with Crippen LogP contribution in [-0.2, 0) is 0 Å². The number of nitrogens with two attached hydrogens (primary N) is 1. The molecule has 0 radical (unpaired) electrons. The molecule has 0 saturated carbocycles. The Morgan fingerprint density at radius 2 is 2.36 bits per heavy atom. The van der Waals surface area contributed by atoms with Gasteiger partial charge in [0.05, 0.1) is 12.6 Å². The molecule has 1 aliphatic heterocycles. The van der Waals surface area contributed by atoms with Gasteiger partial charge >= 0.3 is 0 Å². The number of nitrogens with zero attached hydrogens (tertiary/aromatic N) is 1. The van der Waals surface area contributed by atoms with Crippen molar-refractivity contribution in [3.8, 4) is 0 Å². The normalized spacial score (nSPS) is 20.4. The van der Waals surface area contributed by atoms with Gasteiger partial charge in [0.2, 0.25) is 0 Å². The standard InChI is InChI=1S/C9H9ClFN3/c10-5-1-2-6(7(11)3-5)8-4-13-9(12)14-8/h1-3,8H,4H2,(H3,12,13,14). The molecule has 0 amide bonds. The summed E-state index contributed by atoms with van der Waals surface area (Å²) in [6.45, 7) is 0.463. The number of guanidine groups is 1. The van der Waals surface area contributed by atoms with E-state index in [0.717, 1.165) is 0 Å². The van der Waals surface area contributed by atoms with Gasteiger partial charge in [-0.2, -0.15) is 0 Å². The number of halogens is 2. The van der Waals surface area contributed by atoms with Gasteiger partial charge in [0.1, 0.15) is 5.82 Å². The van der Waals surface area contributed by atoms with E-state index in [2.05, 4.69) is 10.3 Å². The first kappa shape index (κ1) is 9.27. The number of rotatable bonds is 1. The van der Waals surface area contributed by atoms with Crippen LogP contribution in [0.25, 0.3) is 0 Å². The molecule has 74 valence electrons. The second kappa shape index (κ2) is 3.46. The van der Waals surface area contributed by atoms with Gasteiger partial charge in [0.25, 0.3) is 0 Å². The third-order valence-corrected chi connectivity index (χ3v) is 2.34. The van der Waals surface area contributed by atoms with Crippen LogP contribution in [-0.4, -0.2) is 12.5 Å². The van der Waals surface area contributed by atoms with Crippen LogP contribution in [0.15, 0.2) is 23.2 Å². The second-order valence-electron chi connectivity index (χ2n) is 3.09. The van der Waals surface area contributed by atoms with Gasteiger partial charge in [0, 0.05) is 10.6 Å². The van der Waals surface area contributed by atoms with Crippen molar-refractivity contribution in [2.75, 3.05) is 6.54 Å². The fraction of sp³-hybridized carbons (Fsp3) is 0.222. The maximum atomic E-state index is 13.4. The summed E-state index contributed by atoms with van der Waals surface area (Å²) in [5, 5.41) is 3.26. The van der Waals surface area contributed by atoms with E-state index in [1.807, 2.05) is 0 Å². The Labute approximate surface area is 85.8 Å². The summed E-state index contributed by atoms with van der Waals surface area (Å²) < 4.78 is 13.4. The highest BCUT2D eigenvalue weighted by Crippen LogP contribution is 2.22. The molecule has 0 aliphatic carbocycles. The lowest BCUT2D eigenvalue weighted by Gasteiger charge is -2.11. The monoisotopic (exact) mass is 213 g/mol. The molecule has 3 nitrogen and oxygen atoms in total. The molecule has 1 aliphatic rings. The first-order valence-electron chi connectivity index (χ1n) is 4.18. The summed E-state index contributed by atoms with van der Waals surface area (Å²) in [7, 11) is 0. The van der Waals surface area contributed by atoms with E-state index in [0.29, 0.717) is 23.1 Å². The van der Waals surface area contributed by atoms with Gasteiger partial charge in [-0.15, -0.1) is 0 Å². The molecule has 1 atom stereocenters. The zero-order chi connectivity index (χ0) is 10.1. The van der Waals surface area contributed by atoms with Crippen LogP contribution in [0.2, 0.25) is 5.02 Å². The zero-order valence-electron chi connectivity index (χ0n) is 7.30. The predicted molar refractivity (Wildman–Crippen MR) is 53.8 cm³/mol. The van der Waals surface area contributed by atoms with Crippen molar-refractivity contribution < 1.29 is 4.39 Å². The molecule has 5 heteroatoms. The number of aliphatic imine (C=N–C) groups is 1. The van der Waals surface area contributed by atoms with Crippen LogP contribution in [0.4, 0.5) is 4.39 Å². The molecular formula is C9H9ClFN3. The van der Waals surface area contributed by atoms with E-state index < -0.39 is 0 Å². The van der Waals surface area contributed by atoms with Gasteiger partial charge in [0.15, 0.2) is 5.96 Å². The first-order valence-corrected chi connectivity index (χ1v) is 4.56. The fourth-order valence-corrected chi connectivity index (χ4v) is 1.58. The van der Waals surface area contributed by atoms with Gasteiger partial charge < -0.3 is 11.1 Å². The van der Waals surface area contributed by atoms with Crippen LogP contribution >= 0.6 is 11.6 Å². The van der Waals surface area contributed by atoms with E-state index in [9.17, 15) is 4.39 Å². The predicted octanol–water partition coefficient (Wildman–Crippen LogP) is 1.44. The summed E-state index contributed by atoms with van der Waals surface area (Å²) in [5.41, 5.74) is 5.97. The van der Waals surface area contributed by atoms with Gasteiger partial charge in [-0.05, 0) is 12.1 Å². The topological polar surface area (TPSA) is 50.4 Å². The van der Waals surface area contributed by atoms with E-state index in [1.165, 1.54) is 6.07 Å².